The van der Waals surface area contributed by atoms with Gasteiger partial charge in [0, 0.05) is 26.6 Å². The maximum atomic E-state index is 11.1. The van der Waals surface area contributed by atoms with Crippen LogP contribution in [0, 0.1) is 0 Å². The van der Waals surface area contributed by atoms with Crippen molar-refractivity contribution in [3.8, 4) is 11.5 Å². The van der Waals surface area contributed by atoms with Gasteiger partial charge in [-0.2, -0.15) is 0 Å². The summed E-state index contributed by atoms with van der Waals surface area (Å²) in [4.78, 5) is 11.1. The fourth-order valence-electron chi connectivity index (χ4n) is 1.78. The molecule has 0 atom stereocenters. The minimum atomic E-state index is 0.0320. The highest BCUT2D eigenvalue weighted by molar-refractivity contribution is 9.10. The number of amides is 1. The quantitative estimate of drug-likeness (QED) is 0.665. The largest absolute Gasteiger partial charge is 0.493 e. The molecule has 0 bridgehead atoms. The number of methoxy groups -OCH3 is 1. The van der Waals surface area contributed by atoms with E-state index >= 15 is 0 Å². The molecule has 0 saturated carbocycles. The van der Waals surface area contributed by atoms with E-state index in [0.717, 1.165) is 22.2 Å². The Hall–Kier alpha value is -1.27. The van der Waals surface area contributed by atoms with Gasteiger partial charge in [-0.05, 0) is 40.0 Å². The summed E-state index contributed by atoms with van der Waals surface area (Å²) in [6.45, 7) is 4.01. The van der Waals surface area contributed by atoms with Crippen LogP contribution in [0.4, 0.5) is 0 Å². The van der Waals surface area contributed by atoms with E-state index < -0.39 is 0 Å². The van der Waals surface area contributed by atoms with Crippen LogP contribution in [0.3, 0.4) is 0 Å². The van der Waals surface area contributed by atoms with E-state index in [0.29, 0.717) is 31.9 Å². The second kappa shape index (κ2) is 9.63. The lowest BCUT2D eigenvalue weighted by atomic mass is 10.2. The molecule has 0 spiro atoms. The van der Waals surface area contributed by atoms with Crippen molar-refractivity contribution in [3.05, 3.63) is 22.2 Å². The van der Waals surface area contributed by atoms with Crippen LogP contribution in [0.5, 0.6) is 11.5 Å². The van der Waals surface area contributed by atoms with Gasteiger partial charge in [-0.25, -0.2) is 0 Å². The van der Waals surface area contributed by atoms with Gasteiger partial charge in [-0.15, -0.1) is 0 Å². The Bertz CT molecular complexity index is 466. The van der Waals surface area contributed by atoms with Crippen LogP contribution < -0.4 is 20.1 Å². The van der Waals surface area contributed by atoms with Gasteiger partial charge in [0.2, 0.25) is 5.91 Å². The Kier molecular flexibility index (Phi) is 8.15. The Morgan fingerprint density at radius 2 is 2.14 bits per heavy atom. The van der Waals surface area contributed by atoms with Crippen LogP contribution in [0.2, 0.25) is 0 Å². The molecule has 0 aromatic heterocycles. The Morgan fingerprint density at radius 3 is 2.76 bits per heavy atom. The Morgan fingerprint density at radius 1 is 1.38 bits per heavy atom. The fourth-order valence-corrected chi connectivity index (χ4v) is 2.38. The van der Waals surface area contributed by atoms with E-state index in [1.165, 1.54) is 0 Å². The summed E-state index contributed by atoms with van der Waals surface area (Å²) in [5.41, 5.74) is 1.07. The van der Waals surface area contributed by atoms with Crippen LogP contribution >= 0.6 is 15.9 Å². The molecule has 1 aromatic carbocycles. The summed E-state index contributed by atoms with van der Waals surface area (Å²) in [5.74, 6) is 1.47. The first-order valence-corrected chi connectivity index (χ1v) is 7.82. The van der Waals surface area contributed by atoms with E-state index in [1.54, 1.807) is 14.2 Å². The number of hydrogen-bond donors (Lipinski definition) is 2. The normalized spacial score (nSPS) is 10.3. The average molecular weight is 359 g/mol. The lowest BCUT2D eigenvalue weighted by Gasteiger charge is -2.14. The van der Waals surface area contributed by atoms with Gasteiger partial charge in [-0.1, -0.05) is 6.92 Å². The molecule has 0 aliphatic rings. The number of ether oxygens (including phenoxy) is 2. The van der Waals surface area contributed by atoms with Gasteiger partial charge < -0.3 is 20.1 Å². The summed E-state index contributed by atoms with van der Waals surface area (Å²) in [7, 11) is 3.27. The number of carbonyl (C=O) groups is 1. The molecular formula is C15H23BrN2O3. The van der Waals surface area contributed by atoms with Crippen molar-refractivity contribution in [2.75, 3.05) is 27.3 Å². The number of carbonyl (C=O) groups excluding carboxylic acids is 1. The predicted octanol–water partition coefficient (Wildman–Crippen LogP) is 2.47. The van der Waals surface area contributed by atoms with Crippen LogP contribution in [0.25, 0.3) is 0 Å². The summed E-state index contributed by atoms with van der Waals surface area (Å²) >= 11 is 3.52. The summed E-state index contributed by atoms with van der Waals surface area (Å²) in [6, 6.07) is 3.95. The average Bonchev–Trinajstić information content (AvgIpc) is 2.49. The van der Waals surface area contributed by atoms with Crippen LogP contribution in [0.15, 0.2) is 16.6 Å². The number of hydrogen-bond acceptors (Lipinski definition) is 4. The molecule has 2 N–H and O–H groups in total. The first-order chi connectivity index (χ1) is 10.1. The van der Waals surface area contributed by atoms with Gasteiger partial charge in [-0.3, -0.25) is 4.79 Å². The molecule has 0 aliphatic carbocycles. The minimum absolute atomic E-state index is 0.0320. The van der Waals surface area contributed by atoms with E-state index in [4.69, 9.17) is 9.47 Å². The molecule has 0 radical (unpaired) electrons. The molecule has 0 unspecified atom stereocenters. The van der Waals surface area contributed by atoms with E-state index in [-0.39, 0.29) is 5.91 Å². The van der Waals surface area contributed by atoms with E-state index in [1.807, 2.05) is 12.1 Å². The number of halogens is 1. The molecule has 0 heterocycles. The molecule has 118 valence electrons. The van der Waals surface area contributed by atoms with Gasteiger partial charge in [0.05, 0.1) is 18.2 Å². The summed E-state index contributed by atoms with van der Waals surface area (Å²) in [6.07, 6.45) is 1.41. The van der Waals surface area contributed by atoms with Crippen molar-refractivity contribution in [2.24, 2.45) is 0 Å². The molecule has 5 nitrogen and oxygen atoms in total. The molecule has 0 saturated heterocycles. The van der Waals surface area contributed by atoms with E-state index in [9.17, 15) is 4.79 Å². The Labute approximate surface area is 134 Å². The summed E-state index contributed by atoms with van der Waals surface area (Å²) < 4.78 is 11.9. The highest BCUT2D eigenvalue weighted by Gasteiger charge is 2.11. The standard InChI is InChI=1S/C15H23BrN2O3/c1-4-7-21-15-12(16)8-11(9-13(15)20-3)10-18-6-5-14(19)17-2/h8-9,18H,4-7,10H2,1-3H3,(H,17,19). The minimum Gasteiger partial charge on any atom is -0.493 e. The smallest absolute Gasteiger partial charge is 0.221 e. The first-order valence-electron chi connectivity index (χ1n) is 7.02. The highest BCUT2D eigenvalue weighted by atomic mass is 79.9. The van der Waals surface area contributed by atoms with Crippen molar-refractivity contribution < 1.29 is 14.3 Å². The third kappa shape index (κ3) is 5.93. The third-order valence-corrected chi connectivity index (χ3v) is 3.47. The summed E-state index contributed by atoms with van der Waals surface area (Å²) in [5, 5.41) is 5.83. The molecule has 1 aromatic rings. The second-order valence-corrected chi connectivity index (χ2v) is 5.41. The van der Waals surface area contributed by atoms with Gasteiger partial charge in [0.15, 0.2) is 11.5 Å². The van der Waals surface area contributed by atoms with Gasteiger partial charge in [0.25, 0.3) is 0 Å². The molecule has 1 rings (SSSR count). The van der Waals surface area contributed by atoms with Crippen molar-refractivity contribution in [1.82, 2.24) is 10.6 Å². The van der Waals surface area contributed by atoms with Crippen LogP contribution in [0.1, 0.15) is 25.3 Å². The van der Waals surface area contributed by atoms with Crippen molar-refractivity contribution in [2.45, 2.75) is 26.3 Å². The maximum Gasteiger partial charge on any atom is 0.221 e. The molecule has 0 fully saturated rings. The highest BCUT2D eigenvalue weighted by Crippen LogP contribution is 2.36. The van der Waals surface area contributed by atoms with E-state index in [2.05, 4.69) is 33.5 Å². The van der Waals surface area contributed by atoms with Gasteiger partial charge >= 0.3 is 0 Å². The molecule has 0 aliphatic heterocycles. The molecule has 21 heavy (non-hydrogen) atoms. The van der Waals surface area contributed by atoms with Gasteiger partial charge in [0.1, 0.15) is 0 Å². The number of rotatable bonds is 9. The lowest BCUT2D eigenvalue weighted by molar-refractivity contribution is -0.120. The zero-order valence-electron chi connectivity index (χ0n) is 12.8. The monoisotopic (exact) mass is 358 g/mol. The molecule has 6 heteroatoms. The zero-order valence-corrected chi connectivity index (χ0v) is 14.4. The lowest BCUT2D eigenvalue weighted by Crippen LogP contribution is -2.24. The van der Waals surface area contributed by atoms with Crippen LogP contribution in [-0.2, 0) is 11.3 Å². The van der Waals surface area contributed by atoms with Crippen LogP contribution in [-0.4, -0.2) is 33.2 Å². The maximum absolute atomic E-state index is 11.1. The SMILES string of the molecule is CCCOc1c(Br)cc(CNCCC(=O)NC)cc1OC. The number of nitrogens with one attached hydrogen (secondary N) is 2. The van der Waals surface area contributed by atoms with Crippen molar-refractivity contribution in [3.63, 3.8) is 0 Å². The fraction of sp³-hybridized carbons (Fsp3) is 0.533. The number of benzene rings is 1. The van der Waals surface area contributed by atoms with Crippen molar-refractivity contribution in [1.29, 1.82) is 0 Å². The first kappa shape index (κ1) is 17.8. The molecule has 1 amide bonds. The topological polar surface area (TPSA) is 59.6 Å². The Balaban J connectivity index is 2.63. The second-order valence-electron chi connectivity index (χ2n) is 4.56. The third-order valence-electron chi connectivity index (χ3n) is 2.88. The predicted molar refractivity (Wildman–Crippen MR) is 86.9 cm³/mol. The molecular weight excluding hydrogens is 336 g/mol. The van der Waals surface area contributed by atoms with Crippen molar-refractivity contribution >= 4 is 21.8 Å². The zero-order chi connectivity index (χ0) is 15.7.